The average Bonchev–Trinajstić information content (AvgIpc) is 3.19. The number of anilines is 1. The zero-order valence-electron chi connectivity index (χ0n) is 18.2. The summed E-state index contributed by atoms with van der Waals surface area (Å²) in [7, 11) is 0. The fraction of sp³-hybridized carbons (Fsp3) is 0.304. The first kappa shape index (κ1) is 23.8. The Labute approximate surface area is 197 Å². The maximum Gasteiger partial charge on any atom is 0.253 e. The van der Waals surface area contributed by atoms with Crippen LogP contribution in [0.3, 0.4) is 0 Å². The predicted octanol–water partition coefficient (Wildman–Crippen LogP) is 4.81. The summed E-state index contributed by atoms with van der Waals surface area (Å²) in [5.74, 6) is 0.520. The van der Waals surface area contributed by atoms with Crippen LogP contribution in [0.15, 0.2) is 59.8 Å². The molecule has 3 rings (SSSR count). The van der Waals surface area contributed by atoms with Crippen LogP contribution in [0.4, 0.5) is 5.69 Å². The number of carbonyl (C=O) groups is 2. The number of para-hydroxylation sites is 1. The van der Waals surface area contributed by atoms with Gasteiger partial charge < -0.3 is 15.2 Å². The summed E-state index contributed by atoms with van der Waals surface area (Å²) < 4.78 is 1.93. The van der Waals surface area contributed by atoms with Gasteiger partial charge in [0.15, 0.2) is 11.0 Å². The minimum absolute atomic E-state index is 0.0650. The lowest BCUT2D eigenvalue weighted by atomic mass is 10.0. The molecule has 3 aromatic rings. The van der Waals surface area contributed by atoms with Crippen molar-refractivity contribution >= 4 is 40.9 Å². The second kappa shape index (κ2) is 11.2. The quantitative estimate of drug-likeness (QED) is 0.437. The van der Waals surface area contributed by atoms with E-state index in [2.05, 4.69) is 20.8 Å². The molecular formula is C23H26ClN5O2S. The first-order valence-electron chi connectivity index (χ1n) is 10.4. The van der Waals surface area contributed by atoms with E-state index in [0.717, 1.165) is 5.69 Å². The Kier molecular flexibility index (Phi) is 8.30. The lowest BCUT2D eigenvalue weighted by Crippen LogP contribution is -2.34. The van der Waals surface area contributed by atoms with Crippen molar-refractivity contribution in [3.05, 3.63) is 71.0 Å². The van der Waals surface area contributed by atoms with Crippen molar-refractivity contribution in [2.45, 2.75) is 38.5 Å². The first-order chi connectivity index (χ1) is 15.4. The topological polar surface area (TPSA) is 88.9 Å². The molecule has 1 aromatic heterocycles. The van der Waals surface area contributed by atoms with E-state index in [1.807, 2.05) is 55.7 Å². The molecule has 0 saturated carbocycles. The van der Waals surface area contributed by atoms with Gasteiger partial charge in [-0.1, -0.05) is 67.5 Å². The summed E-state index contributed by atoms with van der Waals surface area (Å²) in [6.45, 7) is 6.60. The molecule has 0 aliphatic carbocycles. The van der Waals surface area contributed by atoms with Crippen LogP contribution in [-0.4, -0.2) is 32.3 Å². The van der Waals surface area contributed by atoms with Crippen molar-refractivity contribution in [2.24, 2.45) is 5.92 Å². The van der Waals surface area contributed by atoms with Crippen molar-refractivity contribution in [3.63, 3.8) is 0 Å². The van der Waals surface area contributed by atoms with Crippen molar-refractivity contribution in [1.29, 1.82) is 0 Å². The van der Waals surface area contributed by atoms with E-state index in [9.17, 15) is 9.59 Å². The van der Waals surface area contributed by atoms with Crippen LogP contribution in [0.1, 0.15) is 43.0 Å². The number of nitrogens with one attached hydrogen (secondary N) is 2. The summed E-state index contributed by atoms with van der Waals surface area (Å²) in [5, 5.41) is 15.6. The zero-order chi connectivity index (χ0) is 23.1. The first-order valence-corrected chi connectivity index (χ1v) is 11.7. The van der Waals surface area contributed by atoms with Crippen LogP contribution in [0.2, 0.25) is 5.02 Å². The minimum atomic E-state index is -0.362. The fourth-order valence-corrected chi connectivity index (χ4v) is 4.21. The van der Waals surface area contributed by atoms with Crippen LogP contribution >= 0.6 is 23.4 Å². The van der Waals surface area contributed by atoms with E-state index in [4.69, 9.17) is 11.6 Å². The van der Waals surface area contributed by atoms with Gasteiger partial charge in [0.2, 0.25) is 5.91 Å². The fourth-order valence-electron chi connectivity index (χ4n) is 3.18. The second-order valence-corrected chi connectivity index (χ2v) is 8.81. The third kappa shape index (κ3) is 5.89. The highest BCUT2D eigenvalue weighted by molar-refractivity contribution is 7.99. The van der Waals surface area contributed by atoms with Gasteiger partial charge in [-0.05, 0) is 37.1 Å². The van der Waals surface area contributed by atoms with Gasteiger partial charge in [-0.3, -0.25) is 9.59 Å². The number of rotatable bonds is 9. The molecule has 1 unspecified atom stereocenters. The monoisotopic (exact) mass is 471 g/mol. The molecule has 2 aromatic carbocycles. The zero-order valence-corrected chi connectivity index (χ0v) is 19.8. The molecule has 32 heavy (non-hydrogen) atoms. The number of carbonyl (C=O) groups excluding carboxylic acids is 2. The Hall–Kier alpha value is -2.84. The van der Waals surface area contributed by atoms with E-state index < -0.39 is 0 Å². The van der Waals surface area contributed by atoms with Gasteiger partial charge in [-0.15, -0.1) is 10.2 Å². The standard InChI is InChI=1S/C23H26ClN5O2S/c1-4-29-21(20(15(2)3)26-22(31)17-12-8-9-13-18(17)24)27-28-23(29)32-14-19(30)25-16-10-6-5-7-11-16/h5-13,15,20H,4,14H2,1-3H3,(H,25,30)(H,26,31). The van der Waals surface area contributed by atoms with E-state index in [-0.39, 0.29) is 29.5 Å². The van der Waals surface area contributed by atoms with Crippen molar-refractivity contribution in [3.8, 4) is 0 Å². The molecule has 9 heteroatoms. The molecule has 1 heterocycles. The van der Waals surface area contributed by atoms with Gasteiger partial charge in [0.25, 0.3) is 5.91 Å². The number of thioether (sulfide) groups is 1. The number of hydrogen-bond acceptors (Lipinski definition) is 5. The number of halogens is 1. The Morgan fingerprint density at radius 2 is 1.75 bits per heavy atom. The molecule has 0 bridgehead atoms. The Morgan fingerprint density at radius 1 is 1.06 bits per heavy atom. The van der Waals surface area contributed by atoms with Crippen LogP contribution in [0, 0.1) is 5.92 Å². The van der Waals surface area contributed by atoms with Gasteiger partial charge >= 0.3 is 0 Å². The Bertz CT molecular complexity index is 1070. The van der Waals surface area contributed by atoms with Gasteiger partial charge in [0, 0.05) is 12.2 Å². The third-order valence-electron chi connectivity index (χ3n) is 4.80. The van der Waals surface area contributed by atoms with E-state index >= 15 is 0 Å². The molecule has 1 atom stereocenters. The smallest absolute Gasteiger partial charge is 0.253 e. The van der Waals surface area contributed by atoms with Gasteiger partial charge in [0.05, 0.1) is 22.4 Å². The Balaban J connectivity index is 1.73. The van der Waals surface area contributed by atoms with Crippen molar-refractivity contribution < 1.29 is 9.59 Å². The molecule has 0 spiro atoms. The van der Waals surface area contributed by atoms with E-state index in [0.29, 0.717) is 28.1 Å². The van der Waals surface area contributed by atoms with Gasteiger partial charge in [-0.2, -0.15) is 0 Å². The molecule has 0 aliphatic rings. The highest BCUT2D eigenvalue weighted by Crippen LogP contribution is 2.26. The molecule has 0 saturated heterocycles. The highest BCUT2D eigenvalue weighted by atomic mass is 35.5. The second-order valence-electron chi connectivity index (χ2n) is 7.46. The number of aromatic nitrogens is 3. The van der Waals surface area contributed by atoms with Crippen molar-refractivity contribution in [1.82, 2.24) is 20.1 Å². The molecule has 2 amide bonds. The molecule has 0 radical (unpaired) electrons. The lowest BCUT2D eigenvalue weighted by molar-refractivity contribution is -0.113. The number of nitrogens with zero attached hydrogens (tertiary/aromatic N) is 3. The number of amides is 2. The molecule has 0 aliphatic heterocycles. The molecule has 7 nitrogen and oxygen atoms in total. The summed E-state index contributed by atoms with van der Waals surface area (Å²) in [4.78, 5) is 25.1. The Morgan fingerprint density at radius 3 is 2.41 bits per heavy atom. The third-order valence-corrected chi connectivity index (χ3v) is 6.10. The lowest BCUT2D eigenvalue weighted by Gasteiger charge is -2.22. The van der Waals surface area contributed by atoms with Crippen LogP contribution in [0.25, 0.3) is 0 Å². The maximum atomic E-state index is 12.8. The van der Waals surface area contributed by atoms with Crippen molar-refractivity contribution in [2.75, 3.05) is 11.1 Å². The van der Waals surface area contributed by atoms with Gasteiger partial charge in [-0.25, -0.2) is 0 Å². The van der Waals surface area contributed by atoms with E-state index in [1.54, 1.807) is 24.3 Å². The molecule has 168 valence electrons. The number of hydrogen-bond donors (Lipinski definition) is 2. The van der Waals surface area contributed by atoms with Crippen LogP contribution in [-0.2, 0) is 11.3 Å². The normalized spacial score (nSPS) is 11.9. The molecular weight excluding hydrogens is 446 g/mol. The predicted molar refractivity (Wildman–Crippen MR) is 128 cm³/mol. The summed E-state index contributed by atoms with van der Waals surface area (Å²) >= 11 is 7.49. The van der Waals surface area contributed by atoms with Crippen LogP contribution < -0.4 is 10.6 Å². The highest BCUT2D eigenvalue weighted by Gasteiger charge is 2.26. The maximum absolute atomic E-state index is 12.8. The minimum Gasteiger partial charge on any atom is -0.342 e. The number of benzene rings is 2. The molecule has 2 N–H and O–H groups in total. The summed E-state index contributed by atoms with van der Waals surface area (Å²) in [5.41, 5.74) is 1.16. The largest absolute Gasteiger partial charge is 0.342 e. The summed E-state index contributed by atoms with van der Waals surface area (Å²) in [6.07, 6.45) is 0. The van der Waals surface area contributed by atoms with Crippen LogP contribution in [0.5, 0.6) is 0 Å². The summed E-state index contributed by atoms with van der Waals surface area (Å²) in [6, 6.07) is 15.9. The van der Waals surface area contributed by atoms with Gasteiger partial charge in [0.1, 0.15) is 0 Å². The SMILES string of the molecule is CCn1c(SCC(=O)Nc2ccccc2)nnc1C(NC(=O)c1ccccc1Cl)C(C)C. The molecule has 0 fully saturated rings. The average molecular weight is 472 g/mol. The van der Waals surface area contributed by atoms with E-state index in [1.165, 1.54) is 11.8 Å².